The van der Waals surface area contributed by atoms with Crippen molar-refractivity contribution in [1.29, 1.82) is 0 Å². The minimum atomic E-state index is -0.273. The van der Waals surface area contributed by atoms with Crippen molar-refractivity contribution >= 4 is 11.8 Å². The second-order valence-electron chi connectivity index (χ2n) is 6.73. The van der Waals surface area contributed by atoms with Gasteiger partial charge in [-0.25, -0.2) is 4.39 Å². The van der Waals surface area contributed by atoms with Gasteiger partial charge in [-0.15, -0.1) is 0 Å². The molecule has 2 saturated heterocycles. The molecule has 22 heavy (non-hydrogen) atoms. The summed E-state index contributed by atoms with van der Waals surface area (Å²) in [5, 5.41) is 0. The van der Waals surface area contributed by atoms with Gasteiger partial charge in [-0.1, -0.05) is 12.1 Å². The van der Waals surface area contributed by atoms with E-state index in [1.165, 1.54) is 12.1 Å². The molecule has 3 fully saturated rings. The quantitative estimate of drug-likeness (QED) is 0.852. The van der Waals surface area contributed by atoms with Crippen LogP contribution in [0, 0.1) is 23.6 Å². The average molecular weight is 302 g/mol. The van der Waals surface area contributed by atoms with Crippen molar-refractivity contribution < 1.29 is 14.0 Å². The number of likely N-dealkylation sites (tertiary alicyclic amines) is 2. The highest BCUT2D eigenvalue weighted by Gasteiger charge is 2.48. The Bertz CT molecular complexity index is 629. The van der Waals surface area contributed by atoms with Crippen molar-refractivity contribution in [3.05, 3.63) is 35.6 Å². The van der Waals surface area contributed by atoms with Crippen molar-refractivity contribution in [3.63, 3.8) is 0 Å². The Hall–Kier alpha value is -1.91. The van der Waals surface area contributed by atoms with Gasteiger partial charge in [-0.05, 0) is 30.5 Å². The van der Waals surface area contributed by atoms with Crippen LogP contribution in [0.1, 0.15) is 18.4 Å². The van der Waals surface area contributed by atoms with Crippen LogP contribution in [0.3, 0.4) is 0 Å². The molecule has 1 aromatic carbocycles. The van der Waals surface area contributed by atoms with Crippen molar-refractivity contribution in [3.8, 4) is 0 Å². The van der Waals surface area contributed by atoms with Crippen molar-refractivity contribution in [1.82, 2.24) is 9.80 Å². The number of rotatable bonds is 3. The molecular weight excluding hydrogens is 283 g/mol. The Balaban J connectivity index is 1.41. The van der Waals surface area contributed by atoms with E-state index in [1.807, 2.05) is 15.9 Å². The van der Waals surface area contributed by atoms with E-state index in [0.717, 1.165) is 18.4 Å². The highest BCUT2D eigenvalue weighted by Crippen LogP contribution is 2.37. The number of hydrogen-bond donors (Lipinski definition) is 0. The number of nitrogens with zero attached hydrogens (tertiary/aromatic N) is 2. The Kier molecular flexibility index (Phi) is 3.17. The van der Waals surface area contributed by atoms with Crippen LogP contribution in [0.15, 0.2) is 24.3 Å². The van der Waals surface area contributed by atoms with Crippen LogP contribution in [0.5, 0.6) is 0 Å². The molecule has 116 valence electrons. The third kappa shape index (κ3) is 2.38. The molecule has 1 aromatic rings. The lowest BCUT2D eigenvalue weighted by molar-refractivity contribution is -0.134. The lowest BCUT2D eigenvalue weighted by Crippen LogP contribution is -2.36. The van der Waals surface area contributed by atoms with E-state index in [0.29, 0.717) is 26.2 Å². The largest absolute Gasteiger partial charge is 0.341 e. The predicted molar refractivity (Wildman–Crippen MR) is 78.1 cm³/mol. The zero-order valence-electron chi connectivity index (χ0n) is 12.4. The Labute approximate surface area is 128 Å². The molecule has 5 heteroatoms. The normalized spacial score (nSPS) is 27.4. The third-order valence-corrected chi connectivity index (χ3v) is 5.03. The van der Waals surface area contributed by atoms with E-state index in [9.17, 15) is 14.0 Å². The topological polar surface area (TPSA) is 40.6 Å². The lowest BCUT2D eigenvalue weighted by atomic mass is 10.0. The number of hydrogen-bond acceptors (Lipinski definition) is 2. The average Bonchev–Trinajstić information content (AvgIpc) is 3.19. The molecule has 4 rings (SSSR count). The molecule has 0 spiro atoms. The molecule has 0 bridgehead atoms. The number of benzene rings is 1. The smallest absolute Gasteiger partial charge is 0.228 e. The van der Waals surface area contributed by atoms with Gasteiger partial charge in [0.2, 0.25) is 11.8 Å². The maximum atomic E-state index is 13.2. The van der Waals surface area contributed by atoms with E-state index >= 15 is 0 Å². The molecule has 0 unspecified atom stereocenters. The van der Waals surface area contributed by atoms with Crippen LogP contribution >= 0.6 is 0 Å². The molecule has 1 aliphatic carbocycles. The zero-order valence-corrected chi connectivity index (χ0v) is 12.4. The summed E-state index contributed by atoms with van der Waals surface area (Å²) >= 11 is 0. The van der Waals surface area contributed by atoms with Gasteiger partial charge in [0, 0.05) is 38.0 Å². The number of amides is 2. The molecule has 1 saturated carbocycles. The minimum Gasteiger partial charge on any atom is -0.341 e. The summed E-state index contributed by atoms with van der Waals surface area (Å²) in [5.41, 5.74) is 0.819. The summed E-state index contributed by atoms with van der Waals surface area (Å²) in [6.07, 6.45) is 2.01. The van der Waals surface area contributed by atoms with Gasteiger partial charge < -0.3 is 9.80 Å². The van der Waals surface area contributed by atoms with Gasteiger partial charge >= 0.3 is 0 Å². The second kappa shape index (κ2) is 5.07. The SMILES string of the molecule is O=C(C1CC1)N1C[C@@H]2CN(Cc3cccc(F)c3)C(=O)[C@@H]2C1. The monoisotopic (exact) mass is 302 g/mol. The molecule has 2 atom stereocenters. The number of fused-ring (bicyclic) bond motifs is 1. The first-order valence-electron chi connectivity index (χ1n) is 7.94. The first-order chi connectivity index (χ1) is 10.6. The number of carbonyl (C=O) groups excluding carboxylic acids is 2. The molecule has 4 nitrogen and oxygen atoms in total. The Morgan fingerprint density at radius 2 is 2.05 bits per heavy atom. The lowest BCUT2D eigenvalue weighted by Gasteiger charge is -2.22. The molecular formula is C17H19FN2O2. The van der Waals surface area contributed by atoms with E-state index < -0.39 is 0 Å². The van der Waals surface area contributed by atoms with Crippen LogP contribution in [-0.4, -0.2) is 41.2 Å². The Morgan fingerprint density at radius 3 is 2.73 bits per heavy atom. The maximum absolute atomic E-state index is 13.2. The standard InChI is InChI=1S/C17H19FN2O2/c18-14-3-1-2-11(6-14)7-19-8-13-9-20(10-15(13)17(19)22)16(21)12-4-5-12/h1-3,6,12-13,15H,4-5,7-10H2/t13-,15+/m0/s1. The van der Waals surface area contributed by atoms with Gasteiger partial charge in [0.25, 0.3) is 0 Å². The van der Waals surface area contributed by atoms with Gasteiger partial charge in [0.1, 0.15) is 5.82 Å². The number of halogens is 1. The van der Waals surface area contributed by atoms with E-state index in [-0.39, 0.29) is 35.4 Å². The van der Waals surface area contributed by atoms with Crippen LogP contribution in [0.2, 0.25) is 0 Å². The van der Waals surface area contributed by atoms with Crippen LogP contribution in [0.25, 0.3) is 0 Å². The molecule has 0 radical (unpaired) electrons. The van der Waals surface area contributed by atoms with Crippen molar-refractivity contribution in [2.45, 2.75) is 19.4 Å². The summed E-state index contributed by atoms with van der Waals surface area (Å²) < 4.78 is 13.2. The highest BCUT2D eigenvalue weighted by molar-refractivity contribution is 5.86. The van der Waals surface area contributed by atoms with Crippen LogP contribution < -0.4 is 0 Å². The molecule has 0 aromatic heterocycles. The van der Waals surface area contributed by atoms with Crippen LogP contribution in [0.4, 0.5) is 4.39 Å². The summed E-state index contributed by atoms with van der Waals surface area (Å²) in [4.78, 5) is 28.3. The summed E-state index contributed by atoms with van der Waals surface area (Å²) in [6, 6.07) is 6.39. The molecule has 2 aliphatic heterocycles. The van der Waals surface area contributed by atoms with Gasteiger partial charge in [0.15, 0.2) is 0 Å². The van der Waals surface area contributed by atoms with Crippen LogP contribution in [-0.2, 0) is 16.1 Å². The van der Waals surface area contributed by atoms with Crippen molar-refractivity contribution in [2.75, 3.05) is 19.6 Å². The summed E-state index contributed by atoms with van der Waals surface area (Å²) in [7, 11) is 0. The maximum Gasteiger partial charge on any atom is 0.228 e. The summed E-state index contributed by atoms with van der Waals surface area (Å²) in [6.45, 7) is 2.40. The first-order valence-corrected chi connectivity index (χ1v) is 7.94. The fourth-order valence-electron chi connectivity index (χ4n) is 3.71. The predicted octanol–water partition coefficient (Wildman–Crippen LogP) is 1.65. The van der Waals surface area contributed by atoms with Gasteiger partial charge in [-0.2, -0.15) is 0 Å². The number of carbonyl (C=O) groups is 2. The van der Waals surface area contributed by atoms with Gasteiger partial charge in [-0.3, -0.25) is 9.59 Å². The van der Waals surface area contributed by atoms with E-state index in [2.05, 4.69) is 0 Å². The molecule has 2 heterocycles. The second-order valence-corrected chi connectivity index (χ2v) is 6.73. The first kappa shape index (κ1) is 13.7. The van der Waals surface area contributed by atoms with E-state index in [4.69, 9.17) is 0 Å². The van der Waals surface area contributed by atoms with Crippen molar-refractivity contribution in [2.24, 2.45) is 17.8 Å². The fourth-order valence-corrected chi connectivity index (χ4v) is 3.71. The minimum absolute atomic E-state index is 0.0590. The third-order valence-electron chi connectivity index (χ3n) is 5.03. The highest BCUT2D eigenvalue weighted by atomic mass is 19.1. The zero-order chi connectivity index (χ0) is 15.3. The Morgan fingerprint density at radius 1 is 1.23 bits per heavy atom. The summed E-state index contributed by atoms with van der Waals surface area (Å²) in [5.74, 6) is 0.474. The van der Waals surface area contributed by atoms with Gasteiger partial charge in [0.05, 0.1) is 5.92 Å². The fraction of sp³-hybridized carbons (Fsp3) is 0.529. The van der Waals surface area contributed by atoms with E-state index in [1.54, 1.807) is 6.07 Å². The molecule has 2 amide bonds. The molecule has 3 aliphatic rings. The molecule has 0 N–H and O–H groups in total.